The molecule has 11 nitrogen and oxygen atoms in total. The summed E-state index contributed by atoms with van der Waals surface area (Å²) in [5.41, 5.74) is 3.29. The van der Waals surface area contributed by atoms with Gasteiger partial charge >= 0.3 is 0 Å². The lowest BCUT2D eigenvalue weighted by Gasteiger charge is -2.34. The minimum atomic E-state index is -0.288. The molecule has 7 rings (SSSR count). The van der Waals surface area contributed by atoms with E-state index in [2.05, 4.69) is 49.2 Å². The van der Waals surface area contributed by atoms with Crippen LogP contribution in [-0.2, 0) is 0 Å². The van der Waals surface area contributed by atoms with Crippen LogP contribution in [0.3, 0.4) is 0 Å². The van der Waals surface area contributed by atoms with Crippen molar-refractivity contribution in [2.45, 2.75) is 0 Å². The molecule has 1 aliphatic heterocycles. The summed E-state index contributed by atoms with van der Waals surface area (Å²) >= 11 is 0. The Morgan fingerprint density at radius 2 is 1.75 bits per heavy atom. The van der Waals surface area contributed by atoms with Crippen molar-refractivity contribution in [2.75, 3.05) is 50.6 Å². The molecule has 0 bridgehead atoms. The second-order valence-electron chi connectivity index (χ2n) is 9.83. The molecular weight excluding hydrogens is 506 g/mol. The van der Waals surface area contributed by atoms with Gasteiger partial charge in [0, 0.05) is 62.8 Å². The van der Waals surface area contributed by atoms with Crippen molar-refractivity contribution in [1.82, 2.24) is 34.0 Å². The summed E-state index contributed by atoms with van der Waals surface area (Å²) in [6.45, 7) is 4.13. The van der Waals surface area contributed by atoms with Crippen molar-refractivity contribution in [3.8, 4) is 11.6 Å². The van der Waals surface area contributed by atoms with Crippen LogP contribution in [0.4, 0.5) is 17.3 Å². The molecule has 0 spiro atoms. The average molecular weight is 536 g/mol. The zero-order valence-electron chi connectivity index (χ0n) is 22.2. The van der Waals surface area contributed by atoms with E-state index in [4.69, 9.17) is 9.72 Å². The van der Waals surface area contributed by atoms with Crippen molar-refractivity contribution in [2.24, 2.45) is 0 Å². The molecule has 40 heavy (non-hydrogen) atoms. The third-order valence-corrected chi connectivity index (χ3v) is 7.34. The predicted molar refractivity (Wildman–Crippen MR) is 157 cm³/mol. The number of hydrogen-bond acceptors (Lipinski definition) is 9. The number of pyridine rings is 1. The van der Waals surface area contributed by atoms with Crippen molar-refractivity contribution in [3.63, 3.8) is 0 Å². The number of aromatic nitrogens is 6. The summed E-state index contributed by atoms with van der Waals surface area (Å²) in [6.07, 6.45) is 3.21. The third-order valence-electron chi connectivity index (χ3n) is 7.34. The minimum Gasteiger partial charge on any atom is -0.497 e. The number of methoxy groups -OCH3 is 1. The van der Waals surface area contributed by atoms with Crippen LogP contribution in [0.5, 0.6) is 5.75 Å². The third kappa shape index (κ3) is 4.07. The molecule has 1 aliphatic rings. The highest BCUT2D eigenvalue weighted by Gasteiger charge is 2.20. The lowest BCUT2D eigenvalue weighted by molar-refractivity contribution is 0.313. The number of benzene rings is 2. The molecule has 5 heterocycles. The molecule has 0 radical (unpaired) electrons. The monoisotopic (exact) mass is 535 g/mol. The van der Waals surface area contributed by atoms with Gasteiger partial charge in [0.1, 0.15) is 11.1 Å². The number of fused-ring (bicyclic) bond motifs is 4. The number of anilines is 3. The Morgan fingerprint density at radius 1 is 0.925 bits per heavy atom. The quantitative estimate of drug-likeness (QED) is 0.353. The fourth-order valence-electron chi connectivity index (χ4n) is 5.15. The smallest absolute Gasteiger partial charge is 0.284 e. The lowest BCUT2D eigenvalue weighted by atomic mass is 10.2. The van der Waals surface area contributed by atoms with Crippen molar-refractivity contribution < 1.29 is 6.16 Å². The molecular formula is C29H29N9O2. The van der Waals surface area contributed by atoms with Gasteiger partial charge in [0.05, 0.1) is 12.6 Å². The second-order valence-corrected chi connectivity index (χ2v) is 9.83. The van der Waals surface area contributed by atoms with Crippen LogP contribution in [0.1, 0.15) is 1.43 Å². The zero-order chi connectivity index (χ0) is 27.2. The Hall–Kier alpha value is -5.03. The molecule has 1 fully saturated rings. The molecule has 4 aromatic heterocycles. The van der Waals surface area contributed by atoms with Crippen LogP contribution in [0.25, 0.3) is 33.4 Å². The maximum absolute atomic E-state index is 13.8. The number of nitrogens with one attached hydrogen (secondary N) is 1. The first kappa shape index (κ1) is 24.0. The van der Waals surface area contributed by atoms with Gasteiger partial charge in [-0.2, -0.15) is 9.50 Å². The van der Waals surface area contributed by atoms with E-state index in [0.717, 1.165) is 42.8 Å². The van der Waals surface area contributed by atoms with Gasteiger partial charge in [-0.15, -0.1) is 0 Å². The Kier molecular flexibility index (Phi) is 5.78. The van der Waals surface area contributed by atoms with E-state index >= 15 is 0 Å². The highest BCUT2D eigenvalue weighted by molar-refractivity contribution is 5.96. The minimum absolute atomic E-state index is 0. The summed E-state index contributed by atoms with van der Waals surface area (Å²) in [5.74, 6) is 1.61. The zero-order valence-corrected chi connectivity index (χ0v) is 22.2. The van der Waals surface area contributed by atoms with Crippen molar-refractivity contribution in [3.05, 3.63) is 83.4 Å². The molecule has 6 aromatic rings. The first-order valence-corrected chi connectivity index (χ1v) is 13.1. The molecule has 1 saturated heterocycles. The molecule has 0 saturated carbocycles. The number of rotatable bonds is 5. The Morgan fingerprint density at radius 3 is 2.50 bits per heavy atom. The van der Waals surface area contributed by atoms with Gasteiger partial charge in [-0.05, 0) is 55.6 Å². The fraction of sp³-hybridized carbons (Fsp3) is 0.207. The van der Waals surface area contributed by atoms with Crippen molar-refractivity contribution >= 4 is 44.9 Å². The SMILES string of the molecule is COc1ccc2c(c1)n(-c1ccccn1)n1c(=O)c3cnc(Nc4ccc(N5CCN(C)CC5)cc4)nc3nc21.[HH]. The highest BCUT2D eigenvalue weighted by atomic mass is 16.5. The van der Waals surface area contributed by atoms with Gasteiger partial charge < -0.3 is 19.9 Å². The number of likely N-dealkylation sites (N-methyl/N-ethyl adjacent to an activating group) is 1. The van der Waals surface area contributed by atoms with Gasteiger partial charge in [-0.1, -0.05) is 6.07 Å². The first-order valence-electron chi connectivity index (χ1n) is 13.1. The van der Waals surface area contributed by atoms with E-state index in [-0.39, 0.29) is 6.99 Å². The summed E-state index contributed by atoms with van der Waals surface area (Å²) in [7, 11) is 3.76. The summed E-state index contributed by atoms with van der Waals surface area (Å²) < 4.78 is 8.72. The molecule has 2 aromatic carbocycles. The van der Waals surface area contributed by atoms with Gasteiger partial charge in [0.2, 0.25) is 5.95 Å². The predicted octanol–water partition coefficient (Wildman–Crippen LogP) is 3.73. The van der Waals surface area contributed by atoms with Gasteiger partial charge in [-0.3, -0.25) is 4.79 Å². The van der Waals surface area contributed by atoms with E-state index in [1.54, 1.807) is 18.0 Å². The van der Waals surface area contributed by atoms with Crippen LogP contribution < -0.4 is 20.5 Å². The van der Waals surface area contributed by atoms with Crippen LogP contribution in [0.15, 0.2) is 77.9 Å². The molecule has 0 aliphatic carbocycles. The van der Waals surface area contributed by atoms with E-state index < -0.39 is 0 Å². The van der Waals surface area contributed by atoms with Crippen molar-refractivity contribution in [1.29, 1.82) is 0 Å². The maximum Gasteiger partial charge on any atom is 0.284 e. The fourth-order valence-corrected chi connectivity index (χ4v) is 5.15. The molecule has 0 amide bonds. The van der Waals surface area contributed by atoms with Crippen LogP contribution in [-0.4, -0.2) is 74.4 Å². The number of nitrogens with zero attached hydrogens (tertiary/aromatic N) is 8. The van der Waals surface area contributed by atoms with Crippen LogP contribution in [0, 0.1) is 0 Å². The molecule has 0 unspecified atom stereocenters. The van der Waals surface area contributed by atoms with Crippen LogP contribution >= 0.6 is 0 Å². The maximum atomic E-state index is 13.8. The summed E-state index contributed by atoms with van der Waals surface area (Å²) in [4.78, 5) is 36.9. The molecule has 11 heteroatoms. The second kappa shape index (κ2) is 9.62. The summed E-state index contributed by atoms with van der Waals surface area (Å²) in [6, 6.07) is 19.4. The first-order chi connectivity index (χ1) is 19.6. The van der Waals surface area contributed by atoms with Gasteiger partial charge in [0.25, 0.3) is 5.56 Å². The highest BCUT2D eigenvalue weighted by Crippen LogP contribution is 2.28. The normalized spacial score (nSPS) is 14.3. The Labute approximate surface area is 230 Å². The van der Waals surface area contributed by atoms with Gasteiger partial charge in [0.15, 0.2) is 17.1 Å². The Bertz CT molecular complexity index is 1920. The number of piperazine rings is 1. The molecule has 202 valence electrons. The Balaban J connectivity index is 0.00000302. The largest absolute Gasteiger partial charge is 0.497 e. The van der Waals surface area contributed by atoms with E-state index in [1.807, 2.05) is 48.5 Å². The molecule has 0 atom stereocenters. The number of hydrogen-bond donors (Lipinski definition) is 1. The lowest BCUT2D eigenvalue weighted by Crippen LogP contribution is -2.44. The standard InChI is InChI=1S/C29H27N9O2.H2/c1-35-13-15-36(16-14-35)20-8-6-19(7-9-20)32-29-31-18-23-26(34-29)33-27-22-11-10-21(40-2)17-24(22)37(38(27)28(23)39)25-5-3-4-12-30-25;/h3-12,17-18H,13-16H2,1-2H3,(H,31,32,34);1H. The van der Waals surface area contributed by atoms with E-state index in [9.17, 15) is 4.79 Å². The van der Waals surface area contributed by atoms with Gasteiger partial charge in [-0.25, -0.2) is 19.6 Å². The molecule has 1 N–H and O–H groups in total. The van der Waals surface area contributed by atoms with E-state index in [1.165, 1.54) is 16.4 Å². The summed E-state index contributed by atoms with van der Waals surface area (Å²) in [5, 5.41) is 4.34. The van der Waals surface area contributed by atoms with Crippen LogP contribution in [0.2, 0.25) is 0 Å². The topological polar surface area (TPSA) is 106 Å². The average Bonchev–Trinajstić information content (AvgIpc) is 3.32. The number of ether oxygens (including phenoxy) is 1. The van der Waals surface area contributed by atoms with E-state index in [0.29, 0.717) is 34.2 Å².